The molecule has 1 aromatic carbocycles. The van der Waals surface area contributed by atoms with Gasteiger partial charge in [0.05, 0.1) is 19.3 Å². The van der Waals surface area contributed by atoms with Crippen LogP contribution in [-0.4, -0.2) is 19.1 Å². The molecule has 0 spiro atoms. The van der Waals surface area contributed by atoms with Crippen molar-refractivity contribution in [1.82, 2.24) is 5.32 Å². The predicted octanol–water partition coefficient (Wildman–Crippen LogP) is 1.77. The summed E-state index contributed by atoms with van der Waals surface area (Å²) in [5, 5.41) is 11.2. The Balaban J connectivity index is 1.93. The maximum atomic E-state index is 11.4. The fourth-order valence-corrected chi connectivity index (χ4v) is 1.78. The van der Waals surface area contributed by atoms with Crippen LogP contribution in [0.25, 0.3) is 0 Å². The van der Waals surface area contributed by atoms with E-state index in [-0.39, 0.29) is 18.7 Å². The second-order valence-electron chi connectivity index (χ2n) is 4.27. The number of rotatable bonds is 4. The van der Waals surface area contributed by atoms with Crippen LogP contribution < -0.4 is 14.8 Å². The summed E-state index contributed by atoms with van der Waals surface area (Å²) >= 11 is 0. The Morgan fingerprint density at radius 3 is 2.89 bits per heavy atom. The predicted molar refractivity (Wildman–Crippen MR) is 68.7 cm³/mol. The number of fused-ring (bicyclic) bond motifs is 1. The average Bonchev–Trinajstić information content (AvgIpc) is 2.67. The highest BCUT2D eigenvalue weighted by Crippen LogP contribution is 2.30. The van der Waals surface area contributed by atoms with Crippen molar-refractivity contribution < 1.29 is 14.3 Å². The van der Waals surface area contributed by atoms with Crippen molar-refractivity contribution in [1.29, 1.82) is 5.26 Å². The minimum Gasteiger partial charge on any atom is -0.490 e. The standard InChI is InChI=1S/C14H16N2O3/c15-6-1-3-14(17)16-10-11-4-5-12-13(9-11)19-8-2-7-18-12/h4-5,9H,1-3,7-8,10H2,(H,16,17). The van der Waals surface area contributed by atoms with E-state index >= 15 is 0 Å². The average molecular weight is 260 g/mol. The van der Waals surface area contributed by atoms with E-state index in [4.69, 9.17) is 14.7 Å². The molecule has 1 heterocycles. The number of amides is 1. The van der Waals surface area contributed by atoms with E-state index in [2.05, 4.69) is 5.32 Å². The number of nitrogens with one attached hydrogen (secondary N) is 1. The topological polar surface area (TPSA) is 71.4 Å². The summed E-state index contributed by atoms with van der Waals surface area (Å²) in [7, 11) is 0. The van der Waals surface area contributed by atoms with Crippen LogP contribution in [0.5, 0.6) is 11.5 Å². The number of nitriles is 1. The van der Waals surface area contributed by atoms with Crippen molar-refractivity contribution >= 4 is 5.91 Å². The number of hydrogen-bond acceptors (Lipinski definition) is 4. The third-order valence-corrected chi connectivity index (χ3v) is 2.77. The summed E-state index contributed by atoms with van der Waals surface area (Å²) in [6, 6.07) is 7.59. The molecule has 1 aromatic rings. The molecule has 0 fully saturated rings. The van der Waals surface area contributed by atoms with E-state index in [9.17, 15) is 4.79 Å². The zero-order valence-electron chi connectivity index (χ0n) is 10.6. The van der Waals surface area contributed by atoms with Crippen LogP contribution in [0.1, 0.15) is 24.8 Å². The van der Waals surface area contributed by atoms with Crippen molar-refractivity contribution in [2.45, 2.75) is 25.8 Å². The van der Waals surface area contributed by atoms with E-state index in [1.54, 1.807) is 0 Å². The number of carbonyl (C=O) groups is 1. The molecule has 1 N–H and O–H groups in total. The molecule has 5 heteroatoms. The van der Waals surface area contributed by atoms with E-state index in [0.29, 0.717) is 19.8 Å². The molecule has 2 rings (SSSR count). The van der Waals surface area contributed by atoms with Gasteiger partial charge in [-0.15, -0.1) is 0 Å². The molecule has 0 saturated heterocycles. The van der Waals surface area contributed by atoms with Crippen molar-refractivity contribution in [2.75, 3.05) is 13.2 Å². The molecule has 0 radical (unpaired) electrons. The Labute approximate surface area is 112 Å². The molecule has 1 aliphatic heterocycles. The highest BCUT2D eigenvalue weighted by Gasteiger charge is 2.10. The van der Waals surface area contributed by atoms with Gasteiger partial charge in [-0.25, -0.2) is 0 Å². The minimum absolute atomic E-state index is 0.117. The van der Waals surface area contributed by atoms with Crippen molar-refractivity contribution in [3.8, 4) is 17.6 Å². The first kappa shape index (κ1) is 13.2. The molecule has 0 unspecified atom stereocenters. The summed E-state index contributed by atoms with van der Waals surface area (Å²) < 4.78 is 11.1. The Kier molecular flexibility index (Phi) is 4.62. The first-order valence-electron chi connectivity index (χ1n) is 6.32. The molecule has 0 saturated carbocycles. The molecule has 0 aromatic heterocycles. The monoisotopic (exact) mass is 260 g/mol. The van der Waals surface area contributed by atoms with Crippen LogP contribution in [0.4, 0.5) is 0 Å². The Bertz CT molecular complexity index is 494. The highest BCUT2D eigenvalue weighted by atomic mass is 16.5. The zero-order valence-corrected chi connectivity index (χ0v) is 10.6. The van der Waals surface area contributed by atoms with Crippen molar-refractivity contribution in [2.24, 2.45) is 0 Å². The van der Waals surface area contributed by atoms with E-state index in [0.717, 1.165) is 23.5 Å². The number of carbonyl (C=O) groups excluding carboxylic acids is 1. The summed E-state index contributed by atoms with van der Waals surface area (Å²) in [5.74, 6) is 1.35. The summed E-state index contributed by atoms with van der Waals surface area (Å²) in [5.41, 5.74) is 0.953. The van der Waals surface area contributed by atoms with Gasteiger partial charge in [0, 0.05) is 25.8 Å². The maximum Gasteiger partial charge on any atom is 0.221 e. The molecule has 1 amide bonds. The van der Waals surface area contributed by atoms with E-state index in [1.807, 2.05) is 24.3 Å². The van der Waals surface area contributed by atoms with Crippen LogP contribution >= 0.6 is 0 Å². The molecule has 0 bridgehead atoms. The van der Waals surface area contributed by atoms with Crippen LogP contribution in [0.2, 0.25) is 0 Å². The van der Waals surface area contributed by atoms with Gasteiger partial charge in [-0.1, -0.05) is 6.07 Å². The molecular weight excluding hydrogens is 244 g/mol. The third-order valence-electron chi connectivity index (χ3n) is 2.77. The lowest BCUT2D eigenvalue weighted by Crippen LogP contribution is -2.22. The van der Waals surface area contributed by atoms with Gasteiger partial charge >= 0.3 is 0 Å². The molecule has 5 nitrogen and oxygen atoms in total. The fourth-order valence-electron chi connectivity index (χ4n) is 1.78. The van der Waals surface area contributed by atoms with Crippen molar-refractivity contribution in [3.05, 3.63) is 23.8 Å². The largest absolute Gasteiger partial charge is 0.490 e. The lowest BCUT2D eigenvalue weighted by molar-refractivity contribution is -0.121. The zero-order chi connectivity index (χ0) is 13.5. The van der Waals surface area contributed by atoms with E-state index < -0.39 is 0 Å². The van der Waals surface area contributed by atoms with Gasteiger partial charge in [0.2, 0.25) is 5.91 Å². The van der Waals surface area contributed by atoms with Gasteiger partial charge in [-0.05, 0) is 17.7 Å². The minimum atomic E-state index is -0.117. The Morgan fingerprint density at radius 2 is 2.11 bits per heavy atom. The van der Waals surface area contributed by atoms with Gasteiger partial charge in [0.25, 0.3) is 0 Å². The normalized spacial score (nSPS) is 13.2. The van der Waals surface area contributed by atoms with Crippen molar-refractivity contribution in [3.63, 3.8) is 0 Å². The van der Waals surface area contributed by atoms with Gasteiger partial charge < -0.3 is 14.8 Å². The molecule has 0 atom stereocenters. The number of nitrogens with zero attached hydrogens (tertiary/aromatic N) is 1. The van der Waals surface area contributed by atoms with Gasteiger partial charge in [0.15, 0.2) is 11.5 Å². The summed E-state index contributed by atoms with van der Waals surface area (Å²) in [6.45, 7) is 1.74. The summed E-state index contributed by atoms with van der Waals surface area (Å²) in [4.78, 5) is 11.4. The second-order valence-corrected chi connectivity index (χ2v) is 4.27. The number of benzene rings is 1. The maximum absolute atomic E-state index is 11.4. The molecule has 1 aliphatic rings. The SMILES string of the molecule is N#CCCC(=O)NCc1ccc2c(c1)OCCCO2. The van der Waals surface area contributed by atoms with Crippen LogP contribution in [-0.2, 0) is 11.3 Å². The van der Waals surface area contributed by atoms with Crippen LogP contribution in [0, 0.1) is 11.3 Å². The van der Waals surface area contributed by atoms with Gasteiger partial charge in [0.1, 0.15) is 0 Å². The van der Waals surface area contributed by atoms with Gasteiger partial charge in [-0.3, -0.25) is 4.79 Å². The number of ether oxygens (including phenoxy) is 2. The van der Waals surface area contributed by atoms with Gasteiger partial charge in [-0.2, -0.15) is 5.26 Å². The Hall–Kier alpha value is -2.22. The quantitative estimate of drug-likeness (QED) is 0.895. The third kappa shape index (κ3) is 3.88. The van der Waals surface area contributed by atoms with Crippen LogP contribution in [0.15, 0.2) is 18.2 Å². The number of hydrogen-bond donors (Lipinski definition) is 1. The molecular formula is C14H16N2O3. The first-order valence-corrected chi connectivity index (χ1v) is 6.32. The second kappa shape index (κ2) is 6.64. The Morgan fingerprint density at radius 1 is 1.32 bits per heavy atom. The lowest BCUT2D eigenvalue weighted by atomic mass is 10.2. The highest BCUT2D eigenvalue weighted by molar-refractivity contribution is 5.76. The van der Waals surface area contributed by atoms with Crippen LogP contribution in [0.3, 0.4) is 0 Å². The summed E-state index contributed by atoms with van der Waals surface area (Å²) in [6.07, 6.45) is 1.35. The molecule has 0 aliphatic carbocycles. The lowest BCUT2D eigenvalue weighted by Gasteiger charge is -2.10. The molecule has 100 valence electrons. The smallest absolute Gasteiger partial charge is 0.221 e. The van der Waals surface area contributed by atoms with E-state index in [1.165, 1.54) is 0 Å². The molecule has 19 heavy (non-hydrogen) atoms. The first-order chi connectivity index (χ1) is 9.29. The fraction of sp³-hybridized carbons (Fsp3) is 0.429.